The van der Waals surface area contributed by atoms with Crippen LogP contribution in [0.15, 0.2) is 36.4 Å². The van der Waals surface area contributed by atoms with Gasteiger partial charge < -0.3 is 0 Å². The second kappa shape index (κ2) is 8.89. The molecule has 0 nitrogen and oxygen atoms in total. The van der Waals surface area contributed by atoms with E-state index in [0.717, 1.165) is 12.8 Å². The predicted molar refractivity (Wildman–Crippen MR) is 118 cm³/mol. The van der Waals surface area contributed by atoms with Crippen molar-refractivity contribution in [1.29, 1.82) is 0 Å². The molecule has 0 unspecified atom stereocenters. The topological polar surface area (TPSA) is 0 Å². The minimum atomic E-state index is 0.389. The summed E-state index contributed by atoms with van der Waals surface area (Å²) in [7, 11) is 0. The average Bonchev–Trinajstić information content (AvgIpc) is 2.31. The zero-order valence-electron chi connectivity index (χ0n) is 18.9. The number of hydrogen-bond donors (Lipinski definition) is 0. The van der Waals surface area contributed by atoms with Crippen molar-refractivity contribution < 1.29 is 0 Å². The molecule has 0 aromatic heterocycles. The molecule has 0 aliphatic rings. The average molecular weight is 353 g/mol. The van der Waals surface area contributed by atoms with Gasteiger partial charge in [-0.25, -0.2) is 0 Å². The zero-order chi connectivity index (χ0) is 20.1. The fourth-order valence-electron chi connectivity index (χ4n) is 3.57. The smallest absolute Gasteiger partial charge is 0.0230 e. The maximum Gasteiger partial charge on any atom is -0.0230 e. The molecule has 0 atom stereocenters. The summed E-state index contributed by atoms with van der Waals surface area (Å²) in [6.45, 7) is 22.4. The summed E-state index contributed by atoms with van der Waals surface area (Å²) >= 11 is 0. The SMILES string of the molecule is Cc1cc(C)cc(CC(C)(C)C)c1.Cc1cc(C)cc(CC(C)(C)C)c1. The number of hydrogen-bond acceptors (Lipinski definition) is 0. The minimum absolute atomic E-state index is 0.389. The molecule has 2 aromatic rings. The van der Waals surface area contributed by atoms with Gasteiger partial charge in [-0.05, 0) is 62.5 Å². The Balaban J connectivity index is 0.000000260. The molecule has 0 aliphatic heterocycles. The molecule has 0 bridgehead atoms. The Bertz CT molecular complexity index is 602. The van der Waals surface area contributed by atoms with Crippen molar-refractivity contribution in [3.05, 3.63) is 69.8 Å². The molecule has 2 rings (SSSR count). The van der Waals surface area contributed by atoms with E-state index in [-0.39, 0.29) is 0 Å². The molecule has 0 amide bonds. The molecule has 0 aliphatic carbocycles. The van der Waals surface area contributed by atoms with Crippen molar-refractivity contribution in [1.82, 2.24) is 0 Å². The first kappa shape index (κ1) is 22.5. The van der Waals surface area contributed by atoms with Gasteiger partial charge in [0, 0.05) is 0 Å². The van der Waals surface area contributed by atoms with Gasteiger partial charge in [-0.15, -0.1) is 0 Å². The summed E-state index contributed by atoms with van der Waals surface area (Å²) in [5.41, 5.74) is 9.20. The van der Waals surface area contributed by atoms with Crippen molar-refractivity contribution in [2.45, 2.75) is 82.1 Å². The molecule has 0 fully saturated rings. The van der Waals surface area contributed by atoms with Crippen LogP contribution in [0.1, 0.15) is 74.9 Å². The van der Waals surface area contributed by atoms with Gasteiger partial charge in [0.15, 0.2) is 0 Å². The van der Waals surface area contributed by atoms with Crippen molar-refractivity contribution in [2.75, 3.05) is 0 Å². The highest BCUT2D eigenvalue weighted by Crippen LogP contribution is 2.22. The largest absolute Gasteiger partial charge is 0.0599 e. The highest BCUT2D eigenvalue weighted by atomic mass is 14.2. The minimum Gasteiger partial charge on any atom is -0.0599 e. The van der Waals surface area contributed by atoms with E-state index in [9.17, 15) is 0 Å². The van der Waals surface area contributed by atoms with Crippen molar-refractivity contribution >= 4 is 0 Å². The second-order valence-corrected chi connectivity index (χ2v) is 10.5. The normalized spacial score (nSPS) is 11.8. The van der Waals surface area contributed by atoms with E-state index in [0.29, 0.717) is 10.8 Å². The Morgan fingerprint density at radius 1 is 0.462 bits per heavy atom. The van der Waals surface area contributed by atoms with Crippen molar-refractivity contribution in [3.63, 3.8) is 0 Å². The third-order valence-electron chi connectivity index (χ3n) is 4.03. The van der Waals surface area contributed by atoms with Crippen LogP contribution >= 0.6 is 0 Å². The van der Waals surface area contributed by atoms with Gasteiger partial charge in [-0.2, -0.15) is 0 Å². The molecule has 0 heterocycles. The molecular weight excluding hydrogens is 312 g/mol. The third kappa shape index (κ3) is 9.80. The lowest BCUT2D eigenvalue weighted by Crippen LogP contribution is -2.09. The lowest BCUT2D eigenvalue weighted by Gasteiger charge is -2.18. The molecule has 0 heteroatoms. The van der Waals surface area contributed by atoms with E-state index in [1.54, 1.807) is 0 Å². The monoisotopic (exact) mass is 352 g/mol. The third-order valence-corrected chi connectivity index (χ3v) is 4.03. The fourth-order valence-corrected chi connectivity index (χ4v) is 3.57. The Morgan fingerprint density at radius 3 is 0.885 bits per heavy atom. The number of rotatable bonds is 2. The van der Waals surface area contributed by atoms with E-state index >= 15 is 0 Å². The Morgan fingerprint density at radius 2 is 0.692 bits per heavy atom. The molecule has 0 N–H and O–H groups in total. The van der Waals surface area contributed by atoms with Gasteiger partial charge in [0.05, 0.1) is 0 Å². The van der Waals surface area contributed by atoms with Crippen LogP contribution in [0.5, 0.6) is 0 Å². The van der Waals surface area contributed by atoms with Crippen LogP contribution in [-0.2, 0) is 12.8 Å². The second-order valence-electron chi connectivity index (χ2n) is 10.5. The van der Waals surface area contributed by atoms with Gasteiger partial charge in [0.2, 0.25) is 0 Å². The first-order chi connectivity index (χ1) is 11.7. The zero-order valence-corrected chi connectivity index (χ0v) is 18.9. The van der Waals surface area contributed by atoms with E-state index in [1.165, 1.54) is 33.4 Å². The highest BCUT2D eigenvalue weighted by molar-refractivity contribution is 5.29. The maximum atomic E-state index is 2.29. The van der Waals surface area contributed by atoms with E-state index in [4.69, 9.17) is 0 Å². The van der Waals surface area contributed by atoms with Gasteiger partial charge in [0.1, 0.15) is 0 Å². The van der Waals surface area contributed by atoms with Crippen LogP contribution in [0, 0.1) is 38.5 Å². The molecule has 2 aromatic carbocycles. The molecule has 0 saturated carbocycles. The molecular formula is C26H40. The van der Waals surface area contributed by atoms with E-state index < -0.39 is 0 Å². The quantitative estimate of drug-likeness (QED) is 0.517. The molecule has 0 radical (unpaired) electrons. The van der Waals surface area contributed by atoms with Crippen LogP contribution in [0.2, 0.25) is 0 Å². The van der Waals surface area contributed by atoms with Gasteiger partial charge >= 0.3 is 0 Å². The molecule has 144 valence electrons. The van der Waals surface area contributed by atoms with Crippen LogP contribution in [0.4, 0.5) is 0 Å². The Labute approximate surface area is 163 Å². The van der Waals surface area contributed by atoms with Crippen LogP contribution in [0.25, 0.3) is 0 Å². The summed E-state index contributed by atoms with van der Waals surface area (Å²) in [5, 5.41) is 0. The van der Waals surface area contributed by atoms with E-state index in [2.05, 4.69) is 106 Å². The summed E-state index contributed by atoms with van der Waals surface area (Å²) in [6.07, 6.45) is 2.32. The first-order valence-corrected chi connectivity index (χ1v) is 9.88. The number of aryl methyl sites for hydroxylation is 4. The lowest BCUT2D eigenvalue weighted by molar-refractivity contribution is 0.410. The van der Waals surface area contributed by atoms with Gasteiger partial charge in [-0.3, -0.25) is 0 Å². The summed E-state index contributed by atoms with van der Waals surface area (Å²) in [5.74, 6) is 0. The molecule has 0 saturated heterocycles. The summed E-state index contributed by atoms with van der Waals surface area (Å²) < 4.78 is 0. The first-order valence-electron chi connectivity index (χ1n) is 9.88. The molecule has 26 heavy (non-hydrogen) atoms. The highest BCUT2D eigenvalue weighted by Gasteiger charge is 2.12. The number of benzene rings is 2. The van der Waals surface area contributed by atoms with Crippen molar-refractivity contribution in [2.24, 2.45) is 10.8 Å². The fraction of sp³-hybridized carbons (Fsp3) is 0.538. The molecule has 0 spiro atoms. The lowest BCUT2D eigenvalue weighted by atomic mass is 9.87. The Kier molecular flexibility index (Phi) is 7.69. The summed E-state index contributed by atoms with van der Waals surface area (Å²) in [4.78, 5) is 0. The van der Waals surface area contributed by atoms with Gasteiger partial charge in [0.25, 0.3) is 0 Å². The van der Waals surface area contributed by atoms with E-state index in [1.807, 2.05) is 0 Å². The van der Waals surface area contributed by atoms with Crippen molar-refractivity contribution in [3.8, 4) is 0 Å². The predicted octanol–water partition coefficient (Wildman–Crippen LogP) is 7.78. The van der Waals surface area contributed by atoms with Crippen LogP contribution < -0.4 is 0 Å². The standard InChI is InChI=1S/2C13H20/c2*1-10-6-11(2)8-12(7-10)9-13(3,4)5/h2*6-8H,9H2,1-5H3. The summed E-state index contributed by atoms with van der Waals surface area (Å²) in [6, 6.07) is 13.6. The van der Waals surface area contributed by atoms with Gasteiger partial charge in [-0.1, -0.05) is 100 Å². The Hall–Kier alpha value is -1.56. The van der Waals surface area contributed by atoms with Crippen LogP contribution in [-0.4, -0.2) is 0 Å². The van der Waals surface area contributed by atoms with Crippen LogP contribution in [0.3, 0.4) is 0 Å². The maximum absolute atomic E-state index is 2.29.